The summed E-state index contributed by atoms with van der Waals surface area (Å²) in [7, 11) is 0. The lowest BCUT2D eigenvalue weighted by Gasteiger charge is -2.08. The smallest absolute Gasteiger partial charge is 0.336 e. The second-order valence-electron chi connectivity index (χ2n) is 7.22. The SMILES string of the molecule is CC(=O)Oc1ccc2c(CSC(=S)CCCc3c[nH]c4ccccc34)cc(=O)oc2c1. The number of carbonyl (C=O) groups excluding carboxylic acids is 1. The Kier molecular flexibility index (Phi) is 6.53. The molecule has 1 N–H and O–H groups in total. The number of hydrogen-bond donors (Lipinski definition) is 1. The maximum Gasteiger partial charge on any atom is 0.336 e. The number of carbonyl (C=O) groups is 1. The van der Waals surface area contributed by atoms with Crippen molar-refractivity contribution in [3.05, 3.63) is 76.3 Å². The monoisotopic (exact) mass is 451 g/mol. The first kappa shape index (κ1) is 21.3. The molecule has 0 spiro atoms. The average Bonchev–Trinajstić information content (AvgIpc) is 3.14. The second-order valence-corrected chi connectivity index (χ2v) is 9.04. The van der Waals surface area contributed by atoms with Crippen LogP contribution in [0.4, 0.5) is 0 Å². The van der Waals surface area contributed by atoms with Crippen molar-refractivity contribution in [2.45, 2.75) is 31.9 Å². The van der Waals surface area contributed by atoms with Crippen LogP contribution in [-0.4, -0.2) is 15.1 Å². The molecule has 158 valence electrons. The van der Waals surface area contributed by atoms with E-state index in [0.717, 1.165) is 39.9 Å². The molecule has 0 unspecified atom stereocenters. The Balaban J connectivity index is 1.37. The molecule has 0 aliphatic rings. The maximum atomic E-state index is 12.0. The van der Waals surface area contributed by atoms with Gasteiger partial charge in [-0.05, 0) is 48.6 Å². The molecular formula is C24H21NO4S2. The van der Waals surface area contributed by atoms with Gasteiger partial charge in [-0.2, -0.15) is 0 Å². The van der Waals surface area contributed by atoms with E-state index in [4.69, 9.17) is 21.4 Å². The van der Waals surface area contributed by atoms with Crippen LogP contribution in [0.5, 0.6) is 5.75 Å². The van der Waals surface area contributed by atoms with Crippen LogP contribution >= 0.6 is 24.0 Å². The number of rotatable bonds is 7. The molecule has 7 heteroatoms. The number of benzene rings is 2. The van der Waals surface area contributed by atoms with Crippen molar-refractivity contribution in [3.63, 3.8) is 0 Å². The van der Waals surface area contributed by atoms with Crippen LogP contribution in [0.3, 0.4) is 0 Å². The fourth-order valence-corrected chi connectivity index (χ4v) is 4.72. The number of aromatic nitrogens is 1. The Morgan fingerprint density at radius 2 is 1.97 bits per heavy atom. The van der Waals surface area contributed by atoms with Gasteiger partial charge in [0.2, 0.25) is 0 Å². The van der Waals surface area contributed by atoms with E-state index in [-0.39, 0.29) is 0 Å². The number of hydrogen-bond acceptors (Lipinski definition) is 6. The van der Waals surface area contributed by atoms with Crippen LogP contribution in [0.25, 0.3) is 21.9 Å². The van der Waals surface area contributed by atoms with Gasteiger partial charge in [0.05, 0.1) is 0 Å². The lowest BCUT2D eigenvalue weighted by molar-refractivity contribution is -0.131. The molecule has 0 saturated carbocycles. The standard InChI is InChI=1S/C24H21NO4S2/c1-15(26)28-18-9-10-20-17(11-23(27)29-22(20)12-18)14-31-24(30)8-4-5-16-13-25-21-7-3-2-6-19(16)21/h2-3,6-7,9-13,25H,4-5,8,14H2,1H3. The Bertz CT molecular complexity index is 1320. The lowest BCUT2D eigenvalue weighted by Crippen LogP contribution is -2.03. The zero-order valence-electron chi connectivity index (χ0n) is 17.0. The van der Waals surface area contributed by atoms with Crippen LogP contribution in [0.15, 0.2) is 63.9 Å². The fourth-order valence-electron chi connectivity index (χ4n) is 3.55. The number of H-pyrrole nitrogens is 1. The zero-order valence-corrected chi connectivity index (χ0v) is 18.6. The highest BCUT2D eigenvalue weighted by atomic mass is 32.2. The minimum absolute atomic E-state index is 0.348. The molecule has 0 aliphatic heterocycles. The van der Waals surface area contributed by atoms with E-state index < -0.39 is 11.6 Å². The number of thioether (sulfide) groups is 1. The van der Waals surface area contributed by atoms with Crippen molar-refractivity contribution in [3.8, 4) is 5.75 Å². The van der Waals surface area contributed by atoms with Gasteiger partial charge in [0.25, 0.3) is 0 Å². The van der Waals surface area contributed by atoms with Gasteiger partial charge in [-0.3, -0.25) is 4.79 Å². The van der Waals surface area contributed by atoms with E-state index in [1.807, 2.05) is 6.07 Å². The number of esters is 1. The molecule has 2 aromatic heterocycles. The molecule has 0 fully saturated rings. The predicted octanol–water partition coefficient (Wildman–Crippen LogP) is 5.78. The molecule has 0 radical (unpaired) electrons. The predicted molar refractivity (Wildman–Crippen MR) is 129 cm³/mol. The van der Waals surface area contributed by atoms with Crippen LogP contribution in [0.1, 0.15) is 30.9 Å². The molecule has 4 rings (SSSR count). The summed E-state index contributed by atoms with van der Waals surface area (Å²) >= 11 is 7.13. The van der Waals surface area contributed by atoms with Crippen LogP contribution in [-0.2, 0) is 17.0 Å². The number of aromatic amines is 1. The number of ether oxygens (including phenoxy) is 1. The summed E-state index contributed by atoms with van der Waals surface area (Å²) < 4.78 is 11.3. The zero-order chi connectivity index (χ0) is 21.8. The molecule has 0 atom stereocenters. The Hall–Kier alpha value is -2.90. The fraction of sp³-hybridized carbons (Fsp3) is 0.208. The molecule has 31 heavy (non-hydrogen) atoms. The van der Waals surface area contributed by atoms with Gasteiger partial charge >= 0.3 is 11.6 Å². The Morgan fingerprint density at radius 3 is 2.81 bits per heavy atom. The number of nitrogens with one attached hydrogen (secondary N) is 1. The van der Waals surface area contributed by atoms with Gasteiger partial charge in [-0.1, -0.05) is 30.4 Å². The summed E-state index contributed by atoms with van der Waals surface area (Å²) in [5.41, 5.74) is 3.27. The van der Waals surface area contributed by atoms with Gasteiger partial charge < -0.3 is 14.1 Å². The summed E-state index contributed by atoms with van der Waals surface area (Å²) in [6.45, 7) is 1.33. The molecule has 5 nitrogen and oxygen atoms in total. The lowest BCUT2D eigenvalue weighted by atomic mass is 10.1. The van der Waals surface area contributed by atoms with Gasteiger partial charge in [-0.25, -0.2) is 4.79 Å². The third-order valence-electron chi connectivity index (χ3n) is 4.95. The number of fused-ring (bicyclic) bond motifs is 2. The average molecular weight is 452 g/mol. The first-order chi connectivity index (χ1) is 15.0. The Morgan fingerprint density at radius 1 is 1.13 bits per heavy atom. The molecule has 0 saturated heterocycles. The van der Waals surface area contributed by atoms with E-state index in [0.29, 0.717) is 17.1 Å². The van der Waals surface area contributed by atoms with Crippen LogP contribution in [0, 0.1) is 0 Å². The summed E-state index contributed by atoms with van der Waals surface area (Å²) in [6.07, 6.45) is 4.83. The van der Waals surface area contributed by atoms with E-state index in [9.17, 15) is 9.59 Å². The number of thiocarbonyl (C=S) groups is 1. The van der Waals surface area contributed by atoms with E-state index in [2.05, 4.69) is 29.4 Å². The Labute approximate surface area is 188 Å². The maximum absolute atomic E-state index is 12.0. The molecule has 2 heterocycles. The minimum atomic E-state index is -0.437. The molecule has 0 amide bonds. The van der Waals surface area contributed by atoms with Gasteiger partial charge in [0, 0.05) is 51.5 Å². The number of para-hydroxylation sites is 1. The van der Waals surface area contributed by atoms with Crippen molar-refractivity contribution >= 4 is 56.0 Å². The summed E-state index contributed by atoms with van der Waals surface area (Å²) in [4.78, 5) is 26.4. The number of aryl methyl sites for hydroxylation is 1. The highest BCUT2D eigenvalue weighted by Crippen LogP contribution is 2.27. The molecule has 4 aromatic rings. The van der Waals surface area contributed by atoms with Crippen LogP contribution < -0.4 is 10.4 Å². The van der Waals surface area contributed by atoms with Crippen molar-refractivity contribution in [1.82, 2.24) is 4.98 Å². The van der Waals surface area contributed by atoms with Gasteiger partial charge in [-0.15, -0.1) is 11.8 Å². The van der Waals surface area contributed by atoms with E-state index in [1.165, 1.54) is 23.9 Å². The highest BCUT2D eigenvalue weighted by Gasteiger charge is 2.10. The normalized spacial score (nSPS) is 11.1. The van der Waals surface area contributed by atoms with Gasteiger partial charge in [0.1, 0.15) is 11.3 Å². The third-order valence-corrected chi connectivity index (χ3v) is 6.49. The third kappa shape index (κ3) is 5.24. The first-order valence-corrected chi connectivity index (χ1v) is 11.3. The van der Waals surface area contributed by atoms with E-state index >= 15 is 0 Å². The van der Waals surface area contributed by atoms with Crippen molar-refractivity contribution in [1.29, 1.82) is 0 Å². The summed E-state index contributed by atoms with van der Waals surface area (Å²) in [5, 5.41) is 2.07. The van der Waals surface area contributed by atoms with Crippen molar-refractivity contribution < 1.29 is 13.9 Å². The molecule has 0 bridgehead atoms. The molecule has 2 aromatic carbocycles. The van der Waals surface area contributed by atoms with Crippen molar-refractivity contribution in [2.75, 3.05) is 0 Å². The molecule has 0 aliphatic carbocycles. The largest absolute Gasteiger partial charge is 0.427 e. The summed E-state index contributed by atoms with van der Waals surface area (Å²) in [5.74, 6) is 0.508. The van der Waals surface area contributed by atoms with E-state index in [1.54, 1.807) is 30.0 Å². The van der Waals surface area contributed by atoms with Crippen LogP contribution in [0.2, 0.25) is 0 Å². The molecular weight excluding hydrogens is 430 g/mol. The second kappa shape index (κ2) is 9.49. The first-order valence-electron chi connectivity index (χ1n) is 9.95. The van der Waals surface area contributed by atoms with Crippen molar-refractivity contribution in [2.24, 2.45) is 0 Å². The highest BCUT2D eigenvalue weighted by molar-refractivity contribution is 8.22. The quantitative estimate of drug-likeness (QED) is 0.166. The summed E-state index contributed by atoms with van der Waals surface area (Å²) in [6, 6.07) is 14.8. The minimum Gasteiger partial charge on any atom is -0.427 e. The van der Waals surface area contributed by atoms with Gasteiger partial charge in [0.15, 0.2) is 0 Å². The topological polar surface area (TPSA) is 72.3 Å².